The number of carbonyl (C=O) groups excluding carboxylic acids is 2. The van der Waals surface area contributed by atoms with Gasteiger partial charge in [-0.25, -0.2) is 28.9 Å². The lowest BCUT2D eigenvalue weighted by Crippen LogP contribution is -2.36. The number of rotatable bonds is 14. The van der Waals surface area contributed by atoms with Gasteiger partial charge < -0.3 is 48.7 Å². The lowest BCUT2D eigenvalue weighted by molar-refractivity contribution is 0.0576. The van der Waals surface area contributed by atoms with E-state index in [4.69, 9.17) is 28.4 Å². The van der Waals surface area contributed by atoms with Gasteiger partial charge in [0, 0.05) is 67.2 Å². The van der Waals surface area contributed by atoms with E-state index in [2.05, 4.69) is 69.7 Å². The third-order valence-electron chi connectivity index (χ3n) is 8.88. The molecule has 3 N–H and O–H groups in total. The Morgan fingerprint density at radius 2 is 1.23 bits per heavy atom. The van der Waals surface area contributed by atoms with Gasteiger partial charge in [0.15, 0.2) is 22.7 Å². The first kappa shape index (κ1) is 45.9. The lowest BCUT2D eigenvalue weighted by Gasteiger charge is -2.28. The highest BCUT2D eigenvalue weighted by molar-refractivity contribution is 6.76. The maximum Gasteiger partial charge on any atom is 0.490 e. The third kappa shape index (κ3) is 14.2. The summed E-state index contributed by atoms with van der Waals surface area (Å²) in [4.78, 5) is 35.0. The SMILES string of the molecule is C1COCCN1.COC(=O)c1nn(COCC[Si](C)(C)C)c2ncc(B(O)O)cc12.COC(=O)c1nn(COCC[Si](C)(C)C)c2ncc(N3CCOCC3)cc12. The van der Waals surface area contributed by atoms with E-state index in [1.54, 1.807) is 4.68 Å². The molecule has 18 nitrogen and oxygen atoms in total. The first-order valence-electron chi connectivity index (χ1n) is 19.1. The van der Waals surface area contributed by atoms with Gasteiger partial charge in [0.2, 0.25) is 0 Å². The lowest BCUT2D eigenvalue weighted by atomic mass is 9.81. The minimum absolute atomic E-state index is 0.0660. The van der Waals surface area contributed by atoms with E-state index in [1.807, 2.05) is 12.3 Å². The Morgan fingerprint density at radius 1 is 0.754 bits per heavy atom. The normalized spacial score (nSPS) is 14.7. The Bertz CT molecular complexity index is 1880. The zero-order valence-electron chi connectivity index (χ0n) is 34.6. The second kappa shape index (κ2) is 21.8. The van der Waals surface area contributed by atoms with Gasteiger partial charge in [-0.3, -0.25) is 0 Å². The predicted molar refractivity (Wildman–Crippen MR) is 222 cm³/mol. The van der Waals surface area contributed by atoms with Crippen molar-refractivity contribution < 1.29 is 48.1 Å². The van der Waals surface area contributed by atoms with E-state index in [-0.39, 0.29) is 30.3 Å². The first-order valence-corrected chi connectivity index (χ1v) is 26.6. The van der Waals surface area contributed by atoms with Crippen LogP contribution in [0.5, 0.6) is 0 Å². The summed E-state index contributed by atoms with van der Waals surface area (Å²) in [6.07, 6.45) is 3.14. The third-order valence-corrected chi connectivity index (χ3v) is 12.3. The summed E-state index contributed by atoms with van der Waals surface area (Å²) in [5, 5.41) is 31.4. The standard InChI is InChI=1S/C18H28N4O4Si.C14H22BN3O5Si.C4H9NO/c1-24-18(23)16-15-11-14(21-5-7-25-8-6-21)12-19-17(15)22(20-16)13-26-9-10-27(2,3)4;1-22-14(19)12-11-7-10(15(20)21)8-16-13(11)18(17-12)9-23-5-6-24(2,3)4;1-3-6-4-2-5-1/h11-12H,5-10,13H2,1-4H3;7-8,20-21H,5-6,9H2,1-4H3;5H,1-4H2. The van der Waals surface area contributed by atoms with Crippen molar-refractivity contribution in [3.05, 3.63) is 35.9 Å². The Morgan fingerprint density at radius 3 is 1.65 bits per heavy atom. The van der Waals surface area contributed by atoms with Crippen LogP contribution in [0, 0.1) is 0 Å². The van der Waals surface area contributed by atoms with Crippen LogP contribution < -0.4 is 15.7 Å². The van der Waals surface area contributed by atoms with Crippen LogP contribution in [0.15, 0.2) is 24.5 Å². The average molecular weight is 831 g/mol. The Kier molecular flexibility index (Phi) is 17.6. The van der Waals surface area contributed by atoms with Gasteiger partial charge >= 0.3 is 19.1 Å². The number of anilines is 1. The fourth-order valence-electron chi connectivity index (χ4n) is 5.51. The van der Waals surface area contributed by atoms with Crippen LogP contribution in [-0.4, -0.2) is 155 Å². The molecule has 0 saturated carbocycles. The van der Waals surface area contributed by atoms with Crippen molar-refractivity contribution in [3.63, 3.8) is 0 Å². The molecular weight excluding hydrogens is 771 g/mol. The van der Waals surface area contributed by atoms with E-state index in [0.717, 1.165) is 57.2 Å². The fraction of sp³-hybridized carbons (Fsp3) is 0.611. The Hall–Kier alpha value is -3.80. The van der Waals surface area contributed by atoms with Gasteiger partial charge in [0.1, 0.15) is 13.5 Å². The van der Waals surface area contributed by atoms with Crippen molar-refractivity contribution in [3.8, 4) is 0 Å². The number of carbonyl (C=O) groups is 2. The molecule has 2 aliphatic rings. The van der Waals surface area contributed by atoms with Crippen molar-refractivity contribution in [2.24, 2.45) is 0 Å². The van der Waals surface area contributed by atoms with Crippen molar-refractivity contribution in [1.82, 2.24) is 34.8 Å². The molecule has 4 aromatic rings. The van der Waals surface area contributed by atoms with Gasteiger partial charge in [-0.2, -0.15) is 10.2 Å². The highest BCUT2D eigenvalue weighted by Gasteiger charge is 2.24. The Labute approximate surface area is 336 Å². The summed E-state index contributed by atoms with van der Waals surface area (Å²) in [6.45, 7) is 22.2. The summed E-state index contributed by atoms with van der Waals surface area (Å²) < 4.78 is 34.6. The van der Waals surface area contributed by atoms with Crippen molar-refractivity contribution in [2.75, 3.05) is 84.9 Å². The molecule has 6 heterocycles. The zero-order valence-corrected chi connectivity index (χ0v) is 36.6. The monoisotopic (exact) mass is 830 g/mol. The molecule has 0 radical (unpaired) electrons. The molecule has 2 saturated heterocycles. The van der Waals surface area contributed by atoms with Crippen molar-refractivity contribution in [1.29, 1.82) is 0 Å². The molecule has 2 aliphatic heterocycles. The van der Waals surface area contributed by atoms with Gasteiger partial charge in [-0.15, -0.1) is 0 Å². The molecule has 314 valence electrons. The second-order valence-corrected chi connectivity index (χ2v) is 27.2. The summed E-state index contributed by atoms with van der Waals surface area (Å²) in [7, 11) is -1.40. The highest BCUT2D eigenvalue weighted by Crippen LogP contribution is 2.25. The number of ether oxygens (including phenoxy) is 6. The van der Waals surface area contributed by atoms with Crippen LogP contribution in [0.25, 0.3) is 22.1 Å². The summed E-state index contributed by atoms with van der Waals surface area (Å²) in [6, 6.07) is 5.51. The van der Waals surface area contributed by atoms with Gasteiger partial charge in [0.05, 0.1) is 63.3 Å². The van der Waals surface area contributed by atoms with E-state index >= 15 is 0 Å². The number of hydrogen-bond donors (Lipinski definition) is 3. The second-order valence-electron chi connectivity index (χ2n) is 15.9. The molecule has 6 rings (SSSR count). The first-order chi connectivity index (χ1) is 27.1. The molecule has 0 unspecified atom stereocenters. The molecule has 0 amide bonds. The number of esters is 2. The molecule has 0 aliphatic carbocycles. The van der Waals surface area contributed by atoms with Crippen molar-refractivity contribution in [2.45, 2.75) is 64.8 Å². The number of nitrogens with zero attached hydrogens (tertiary/aromatic N) is 7. The van der Waals surface area contributed by atoms with E-state index in [9.17, 15) is 19.6 Å². The average Bonchev–Trinajstić information content (AvgIpc) is 3.76. The van der Waals surface area contributed by atoms with E-state index in [0.29, 0.717) is 48.5 Å². The van der Waals surface area contributed by atoms with Crippen LogP contribution in [0.4, 0.5) is 5.69 Å². The van der Waals surface area contributed by atoms with Crippen LogP contribution in [0.1, 0.15) is 21.0 Å². The molecule has 0 bridgehead atoms. The number of nitrogens with one attached hydrogen (secondary N) is 1. The number of fused-ring (bicyclic) bond motifs is 2. The molecule has 57 heavy (non-hydrogen) atoms. The fourth-order valence-corrected chi connectivity index (χ4v) is 7.02. The molecule has 0 aromatic carbocycles. The molecule has 2 fully saturated rings. The number of aromatic nitrogens is 6. The zero-order chi connectivity index (χ0) is 41.6. The largest absolute Gasteiger partial charge is 0.490 e. The quantitative estimate of drug-likeness (QED) is 0.0946. The van der Waals surface area contributed by atoms with E-state index < -0.39 is 35.2 Å². The Balaban J connectivity index is 0.000000221. The minimum Gasteiger partial charge on any atom is -0.464 e. The number of methoxy groups -OCH3 is 2. The predicted octanol–water partition coefficient (Wildman–Crippen LogP) is 2.18. The van der Waals surface area contributed by atoms with Crippen LogP contribution in [0.2, 0.25) is 51.4 Å². The van der Waals surface area contributed by atoms with Crippen LogP contribution >= 0.6 is 0 Å². The molecule has 4 aromatic heterocycles. The summed E-state index contributed by atoms with van der Waals surface area (Å²) in [5.74, 6) is -1.09. The number of hydrogen-bond acceptors (Lipinski definition) is 16. The van der Waals surface area contributed by atoms with E-state index in [1.165, 1.54) is 31.2 Å². The number of pyridine rings is 2. The molecular formula is C36H59BN8O10Si2. The maximum absolute atomic E-state index is 12.2. The smallest absolute Gasteiger partial charge is 0.464 e. The maximum atomic E-state index is 12.2. The van der Waals surface area contributed by atoms with Crippen molar-refractivity contribution >= 4 is 68.4 Å². The van der Waals surface area contributed by atoms with Gasteiger partial charge in [-0.1, -0.05) is 39.3 Å². The molecule has 0 atom stereocenters. The summed E-state index contributed by atoms with van der Waals surface area (Å²) in [5.41, 5.74) is 2.51. The highest BCUT2D eigenvalue weighted by atomic mass is 28.3. The molecule has 21 heteroatoms. The van der Waals surface area contributed by atoms with Gasteiger partial charge in [0.25, 0.3) is 0 Å². The molecule has 0 spiro atoms. The number of morpholine rings is 2. The van der Waals surface area contributed by atoms with Crippen LogP contribution in [0.3, 0.4) is 0 Å². The summed E-state index contributed by atoms with van der Waals surface area (Å²) >= 11 is 0. The van der Waals surface area contributed by atoms with Crippen LogP contribution in [-0.2, 0) is 41.9 Å². The van der Waals surface area contributed by atoms with Gasteiger partial charge in [-0.05, 0) is 24.2 Å². The minimum atomic E-state index is -1.68. The topological polar surface area (TPSA) is 207 Å².